The average Bonchev–Trinajstić information content (AvgIpc) is 0.676. The minimum absolute atomic E-state index is 0.0433. The van der Waals surface area contributed by atoms with E-state index in [0.717, 1.165) is 11.8 Å². The van der Waals surface area contributed by atoms with E-state index in [1.807, 2.05) is 38.1 Å². The predicted octanol–water partition coefficient (Wildman–Crippen LogP) is 1.83. The van der Waals surface area contributed by atoms with Crippen LogP contribution in [0.2, 0.25) is 0 Å². The van der Waals surface area contributed by atoms with Crippen LogP contribution in [-0.4, -0.2) is 265 Å². The summed E-state index contributed by atoms with van der Waals surface area (Å²) >= 11 is 0. The fourth-order valence-electron chi connectivity index (χ4n) is 20.1. The third-order valence-corrected chi connectivity index (χ3v) is 25.8. The number of hydrogen-bond acceptors (Lipinski definition) is 29. The minimum Gasteiger partial charge on any atom is -0.468 e. The molecule has 5 saturated heterocycles. The first kappa shape index (κ1) is 81.5. The molecule has 9 fully saturated rings. The highest BCUT2D eigenvalue weighted by molar-refractivity contribution is 5.87. The molecule has 1 aromatic rings. The number of hydrogen-bond donors (Lipinski definition) is 12. The summed E-state index contributed by atoms with van der Waals surface area (Å²) in [5.41, 5.74) is -1.57. The Labute approximate surface area is 612 Å². The highest BCUT2D eigenvalue weighted by atomic mass is 16.8. The van der Waals surface area contributed by atoms with Crippen LogP contribution < -0.4 is 0 Å². The zero-order valence-electron chi connectivity index (χ0n) is 61.5. The summed E-state index contributed by atoms with van der Waals surface area (Å²) in [5, 5.41) is 134. The van der Waals surface area contributed by atoms with Crippen molar-refractivity contribution in [2.24, 2.45) is 62.6 Å². The Hall–Kier alpha value is -4.52. The summed E-state index contributed by atoms with van der Waals surface area (Å²) in [6.07, 6.45) is -27.7. The fraction of sp³-hybridized carbons (Fsp3) is 0.789. The van der Waals surface area contributed by atoms with Gasteiger partial charge in [0.15, 0.2) is 43.5 Å². The van der Waals surface area contributed by atoms with Gasteiger partial charge in [-0.2, -0.15) is 0 Å². The number of aryl methyl sites for hydroxylation is 1. The fourth-order valence-corrected chi connectivity index (χ4v) is 20.1. The Morgan fingerprint density at radius 1 is 0.610 bits per heavy atom. The molecular weight excluding hydrogens is 1380 g/mol. The van der Waals surface area contributed by atoms with Gasteiger partial charge in [-0.25, -0.2) is 4.79 Å². The van der Waals surface area contributed by atoms with Crippen LogP contribution in [0.25, 0.3) is 6.08 Å². The summed E-state index contributed by atoms with van der Waals surface area (Å²) in [5.74, 6) is -3.11. The van der Waals surface area contributed by atoms with Crippen molar-refractivity contribution in [1.29, 1.82) is 0 Å². The molecule has 0 spiro atoms. The van der Waals surface area contributed by atoms with Crippen LogP contribution in [0.3, 0.4) is 0 Å². The maximum absolute atomic E-state index is 14.4. The van der Waals surface area contributed by atoms with Crippen molar-refractivity contribution < 1.29 is 142 Å². The lowest BCUT2D eigenvalue weighted by molar-refractivity contribution is -0.394. The van der Waals surface area contributed by atoms with Gasteiger partial charge in [0, 0.05) is 18.9 Å². The van der Waals surface area contributed by atoms with E-state index in [2.05, 4.69) is 53.3 Å². The summed E-state index contributed by atoms with van der Waals surface area (Å²) in [7, 11) is 0. The van der Waals surface area contributed by atoms with E-state index >= 15 is 0 Å². The second-order valence-electron chi connectivity index (χ2n) is 33.1. The van der Waals surface area contributed by atoms with Crippen molar-refractivity contribution >= 4 is 30.8 Å². The number of fused-ring (bicyclic) bond motifs is 7. The number of aliphatic hydroxyl groups is 12. The zero-order valence-corrected chi connectivity index (χ0v) is 61.5. The molecule has 1 aromatic carbocycles. The number of esters is 2. The van der Waals surface area contributed by atoms with E-state index in [-0.39, 0.29) is 54.3 Å². The molecule has 0 bridgehead atoms. The third kappa shape index (κ3) is 15.8. The summed E-state index contributed by atoms with van der Waals surface area (Å²) in [6.45, 7) is 22.7. The summed E-state index contributed by atoms with van der Waals surface area (Å²) in [6, 6.07) is 7.43. The monoisotopic (exact) mass is 1490 g/mol. The first-order valence-corrected chi connectivity index (χ1v) is 37.2. The van der Waals surface area contributed by atoms with E-state index in [0.29, 0.717) is 63.4 Å². The van der Waals surface area contributed by atoms with Crippen molar-refractivity contribution in [2.75, 3.05) is 19.8 Å². The minimum atomic E-state index is -1.98. The van der Waals surface area contributed by atoms with Gasteiger partial charge >= 0.3 is 11.9 Å². The van der Waals surface area contributed by atoms with Gasteiger partial charge in [-0.15, -0.1) is 0 Å². The van der Waals surface area contributed by atoms with Crippen LogP contribution in [-0.2, 0) is 80.8 Å². The van der Waals surface area contributed by atoms with Crippen LogP contribution in [0.5, 0.6) is 0 Å². The molecule has 590 valence electrons. The lowest BCUT2D eigenvalue weighted by Crippen LogP contribution is -2.68. The number of allylic oxidation sites excluding steroid dienone is 3. The number of carbonyl (C=O) groups is 4. The Balaban J connectivity index is 0.867. The maximum atomic E-state index is 14.4. The molecule has 5 aliphatic carbocycles. The van der Waals surface area contributed by atoms with E-state index < -0.39 is 218 Å². The predicted molar refractivity (Wildman–Crippen MR) is 365 cm³/mol. The molecule has 4 saturated carbocycles. The number of benzene rings is 1. The van der Waals surface area contributed by atoms with Crippen LogP contribution in [0.15, 0.2) is 54.8 Å². The molecule has 105 heavy (non-hydrogen) atoms. The topological polar surface area (TPSA) is 431 Å². The van der Waals surface area contributed by atoms with Gasteiger partial charge in [0.2, 0.25) is 6.29 Å². The standard InChI is InChI=1S/C76H112O29/c1-35-15-17-40(18-16-35)19-22-51(83)102-62-38(4)97-70(66(64(62)98-39(5)80)105-68-60(91)57(88)53(84)37(3)96-68)95-36(2)41-28-72(6,7)29-42-43-20-21-49-73(8)25-24-50(74(9,33-78)48(73)23-26-75(49,10)76(43,11)30-44(81)52(41)42)101-71-65(104-69-61(92)58(89)55(86)47(31-77)100-69)63(103-67-59(90)54(85)45(82)32-94-67)56(87)46(99-71)14-12-13-27-93-34-79/h15-22,33-34,37-38,41-50,52-71,77,81-82,84-92H,2,12-14,23-32H2,1,3-11H3/b22-19-/t37?,38?,41-,42-,43?,44+,45?,46?,47?,48+,49+,50-,52?,53?,54?,55?,56?,57?,58?,59?,60?,61?,62?,63?,64?,65?,66?,67?,68?,69?,70?,71?,73-,74-,75+,76+/m0/s1. The molecule has 10 aliphatic rings. The Morgan fingerprint density at radius 3 is 1.91 bits per heavy atom. The van der Waals surface area contributed by atoms with E-state index in [4.69, 9.17) is 61.6 Å². The Morgan fingerprint density at radius 2 is 1.25 bits per heavy atom. The second-order valence-corrected chi connectivity index (χ2v) is 33.1. The first-order valence-electron chi connectivity index (χ1n) is 37.2. The SMILES string of the molecule is C=C(OC1OC(C)C(OC(=O)/C=C\c2ccc(C)cc2)C(OC(C)=O)C1OC1OC(C)C(O)C(O)C1O)[C@@H]1CC(C)(C)C[C@@H]2C1[C@H](O)C[C@]1(C)C2C=C[C@@H]2[C@@]3(C)CC[C@H](OC4OC(CCCCOC=O)C(O)C(OC5OCC(O)C(O)C5O)C4OC4OC(CO)C(O)C(O)C4O)[C@@](C)(C=O)[C@@H]3CC[C@]21C. The van der Waals surface area contributed by atoms with Crippen molar-refractivity contribution in [1.82, 2.24) is 0 Å². The van der Waals surface area contributed by atoms with Gasteiger partial charge < -0.3 is 128 Å². The molecule has 0 aromatic heterocycles. The molecule has 12 N–H and O–H groups in total. The number of aliphatic hydroxyl groups excluding tert-OH is 12. The molecular formula is C76H112O29. The highest BCUT2D eigenvalue weighted by Crippen LogP contribution is 2.75. The van der Waals surface area contributed by atoms with Crippen LogP contribution in [0.4, 0.5) is 0 Å². The lowest BCUT2D eigenvalue weighted by atomic mass is 9.33. The molecule has 29 heteroatoms. The quantitative estimate of drug-likeness (QED) is 0.0109. The van der Waals surface area contributed by atoms with Gasteiger partial charge in [-0.05, 0) is 148 Å². The Bertz CT molecular complexity index is 3220. The number of rotatable bonds is 23. The average molecular weight is 1490 g/mol. The number of aldehydes is 1. The number of carbonyl (C=O) groups excluding carboxylic acids is 4. The van der Waals surface area contributed by atoms with Gasteiger partial charge in [-0.1, -0.05) is 90.1 Å². The smallest absolute Gasteiger partial charge is 0.331 e. The van der Waals surface area contributed by atoms with Crippen LogP contribution in [0.1, 0.15) is 138 Å². The zero-order chi connectivity index (χ0) is 76.3. The maximum Gasteiger partial charge on any atom is 0.331 e. The molecule has 11 rings (SSSR count). The van der Waals surface area contributed by atoms with Gasteiger partial charge in [0.1, 0.15) is 85.6 Å². The van der Waals surface area contributed by atoms with Gasteiger partial charge in [0.05, 0.1) is 61.5 Å². The van der Waals surface area contributed by atoms with Crippen molar-refractivity contribution in [3.63, 3.8) is 0 Å². The normalized spacial score (nSPS) is 48.1. The third-order valence-electron chi connectivity index (χ3n) is 25.8. The number of ether oxygens (including phenoxy) is 13. The van der Waals surface area contributed by atoms with Crippen LogP contribution >= 0.6 is 0 Å². The van der Waals surface area contributed by atoms with Crippen molar-refractivity contribution in [3.05, 3.63) is 66.0 Å². The van der Waals surface area contributed by atoms with E-state index in [1.54, 1.807) is 13.0 Å². The molecule has 36 atom stereocenters. The Kier molecular flexibility index (Phi) is 25.2. The molecule has 0 amide bonds. The van der Waals surface area contributed by atoms with Crippen molar-refractivity contribution in [2.45, 2.75) is 293 Å². The van der Waals surface area contributed by atoms with Crippen molar-refractivity contribution in [3.8, 4) is 0 Å². The molecule has 5 aliphatic heterocycles. The number of unbranched alkanes of at least 4 members (excludes halogenated alkanes) is 1. The van der Waals surface area contributed by atoms with E-state index in [1.165, 1.54) is 19.9 Å². The second kappa shape index (κ2) is 32.4. The van der Waals surface area contributed by atoms with Crippen LogP contribution in [0, 0.1) is 69.5 Å². The highest BCUT2D eigenvalue weighted by Gasteiger charge is 2.71. The van der Waals surface area contributed by atoms with Gasteiger partial charge in [0.25, 0.3) is 6.47 Å². The van der Waals surface area contributed by atoms with Gasteiger partial charge in [-0.3, -0.25) is 9.59 Å². The summed E-state index contributed by atoms with van der Waals surface area (Å²) < 4.78 is 80.8. The molecule has 5 heterocycles. The largest absolute Gasteiger partial charge is 0.468 e. The summed E-state index contributed by atoms with van der Waals surface area (Å²) in [4.78, 5) is 52.3. The van der Waals surface area contributed by atoms with E-state index in [9.17, 15) is 80.5 Å². The lowest BCUT2D eigenvalue weighted by Gasteiger charge is -2.71. The molecule has 26 unspecified atom stereocenters. The first-order chi connectivity index (χ1) is 49.5. The molecule has 0 radical (unpaired) electrons. The molecule has 29 nitrogen and oxygen atoms in total.